The van der Waals surface area contributed by atoms with Crippen molar-refractivity contribution in [3.63, 3.8) is 0 Å². The molecule has 6 N–H and O–H groups in total. The third-order valence-corrected chi connectivity index (χ3v) is 4.73. The Balaban J connectivity index is 2.23. The van der Waals surface area contributed by atoms with Crippen LogP contribution in [0.4, 0.5) is 8.78 Å². The van der Waals surface area contributed by atoms with E-state index in [4.69, 9.17) is 17.2 Å². The van der Waals surface area contributed by atoms with Crippen LogP contribution in [0.2, 0.25) is 0 Å². The second kappa shape index (κ2) is 7.53. The number of nitrogens with two attached hydrogens (primary N) is 3. The molecule has 2 aromatic carbocycles. The first-order chi connectivity index (χ1) is 13.3. The Hall–Kier alpha value is -3.04. The molecule has 1 aliphatic rings. The van der Waals surface area contributed by atoms with Gasteiger partial charge in [-0.15, -0.1) is 0 Å². The van der Waals surface area contributed by atoms with E-state index in [9.17, 15) is 13.6 Å². The molecule has 1 atom stereocenters. The number of guanidine groups is 1. The lowest BCUT2D eigenvalue weighted by Gasteiger charge is -2.27. The highest BCUT2D eigenvalue weighted by Crippen LogP contribution is 2.41. The van der Waals surface area contributed by atoms with Gasteiger partial charge in [0.1, 0.15) is 5.75 Å². The van der Waals surface area contributed by atoms with Crippen LogP contribution in [0.3, 0.4) is 0 Å². The smallest absolute Gasteiger partial charge is 0.387 e. The number of hydrogen-bond donors (Lipinski definition) is 3. The van der Waals surface area contributed by atoms with Gasteiger partial charge in [0, 0.05) is 25.7 Å². The first-order valence-electron chi connectivity index (χ1n) is 8.54. The van der Waals surface area contributed by atoms with Crippen molar-refractivity contribution in [2.24, 2.45) is 22.2 Å². The first kappa shape index (κ1) is 19.7. The predicted octanol–water partition coefficient (Wildman–Crippen LogP) is 1.24. The molecule has 0 aliphatic carbocycles. The van der Waals surface area contributed by atoms with Crippen LogP contribution in [-0.4, -0.2) is 30.4 Å². The zero-order valence-electron chi connectivity index (χ0n) is 15.2. The Morgan fingerprint density at radius 2 is 1.86 bits per heavy atom. The molecule has 0 saturated heterocycles. The summed E-state index contributed by atoms with van der Waals surface area (Å²) in [6.07, 6.45) is 0. The summed E-state index contributed by atoms with van der Waals surface area (Å²) in [4.78, 5) is 18.9. The van der Waals surface area contributed by atoms with Gasteiger partial charge in [0.15, 0.2) is 11.5 Å². The number of rotatable bonds is 6. The van der Waals surface area contributed by atoms with E-state index in [0.717, 1.165) is 5.56 Å². The van der Waals surface area contributed by atoms with Crippen LogP contribution < -0.4 is 21.9 Å². The van der Waals surface area contributed by atoms with Crippen molar-refractivity contribution in [1.29, 1.82) is 0 Å². The normalized spacial score (nSPS) is 19.3. The summed E-state index contributed by atoms with van der Waals surface area (Å²) in [5, 5.41) is 0. The van der Waals surface area contributed by atoms with Crippen molar-refractivity contribution < 1.29 is 18.3 Å². The number of likely N-dealkylation sites (N-methyl/N-ethyl adjacent to an activating group) is 1. The predicted molar refractivity (Wildman–Crippen MR) is 100 cm³/mol. The van der Waals surface area contributed by atoms with Gasteiger partial charge in [-0.1, -0.05) is 30.3 Å². The van der Waals surface area contributed by atoms with Gasteiger partial charge in [-0.25, -0.2) is 4.99 Å². The van der Waals surface area contributed by atoms with E-state index in [1.165, 1.54) is 24.1 Å². The van der Waals surface area contributed by atoms with Crippen LogP contribution >= 0.6 is 0 Å². The Kier molecular flexibility index (Phi) is 5.30. The van der Waals surface area contributed by atoms with Crippen LogP contribution in [0, 0.1) is 0 Å². The van der Waals surface area contributed by atoms with E-state index in [-0.39, 0.29) is 30.7 Å². The van der Waals surface area contributed by atoms with Crippen molar-refractivity contribution in [1.82, 2.24) is 4.90 Å². The minimum absolute atomic E-state index is 0.0466. The molecule has 0 bridgehead atoms. The number of halogens is 2. The number of amides is 1. The molecule has 0 fully saturated rings. The Morgan fingerprint density at radius 3 is 2.43 bits per heavy atom. The number of benzene rings is 2. The van der Waals surface area contributed by atoms with Gasteiger partial charge in [0.2, 0.25) is 0 Å². The summed E-state index contributed by atoms with van der Waals surface area (Å²) in [6, 6.07) is 11.5. The molecule has 1 aliphatic heterocycles. The van der Waals surface area contributed by atoms with Crippen LogP contribution in [0.15, 0.2) is 47.5 Å². The van der Waals surface area contributed by atoms with Gasteiger partial charge in [0.25, 0.3) is 5.91 Å². The number of nitrogens with zero attached hydrogens (tertiary/aromatic N) is 2. The zero-order valence-corrected chi connectivity index (χ0v) is 15.2. The second-order valence-electron chi connectivity index (χ2n) is 6.35. The average Bonchev–Trinajstić information content (AvgIpc) is 2.92. The van der Waals surface area contributed by atoms with Gasteiger partial charge >= 0.3 is 6.61 Å². The minimum atomic E-state index is -2.99. The van der Waals surface area contributed by atoms with Gasteiger partial charge in [0.05, 0.1) is 0 Å². The molecule has 2 aromatic rings. The van der Waals surface area contributed by atoms with Gasteiger partial charge in [-0.2, -0.15) is 8.78 Å². The van der Waals surface area contributed by atoms with Crippen molar-refractivity contribution in [2.45, 2.75) is 25.2 Å². The molecule has 7 nitrogen and oxygen atoms in total. The largest absolute Gasteiger partial charge is 0.434 e. The van der Waals surface area contributed by atoms with Gasteiger partial charge in [-0.05, 0) is 28.8 Å². The fourth-order valence-corrected chi connectivity index (χ4v) is 3.28. The van der Waals surface area contributed by atoms with E-state index in [2.05, 4.69) is 9.73 Å². The Labute approximate surface area is 160 Å². The maximum atomic E-state index is 13.2. The molecular weight excluding hydrogens is 368 g/mol. The van der Waals surface area contributed by atoms with E-state index < -0.39 is 12.2 Å². The quantitative estimate of drug-likeness (QED) is 0.686. The Bertz CT molecular complexity index is 934. The zero-order chi connectivity index (χ0) is 20.5. The summed E-state index contributed by atoms with van der Waals surface area (Å²) in [6.45, 7) is -2.76. The highest BCUT2D eigenvalue weighted by Gasteiger charge is 2.49. The molecule has 1 unspecified atom stereocenters. The third kappa shape index (κ3) is 3.19. The lowest BCUT2D eigenvalue weighted by Crippen LogP contribution is -2.41. The minimum Gasteiger partial charge on any atom is -0.434 e. The molecule has 28 heavy (non-hydrogen) atoms. The summed E-state index contributed by atoms with van der Waals surface area (Å²) in [7, 11) is 1.52. The second-order valence-corrected chi connectivity index (χ2v) is 6.35. The van der Waals surface area contributed by atoms with E-state index in [0.29, 0.717) is 16.7 Å². The lowest BCUT2D eigenvalue weighted by atomic mass is 9.81. The number of carbonyl (C=O) groups excluding carboxylic acids is 1. The van der Waals surface area contributed by atoms with Crippen LogP contribution in [0.25, 0.3) is 0 Å². The fourth-order valence-electron chi connectivity index (χ4n) is 3.28. The van der Waals surface area contributed by atoms with Crippen LogP contribution in [0.1, 0.15) is 22.3 Å². The summed E-state index contributed by atoms with van der Waals surface area (Å²) in [5.74, 6) is -0.377. The highest BCUT2D eigenvalue weighted by atomic mass is 19.3. The fraction of sp³-hybridized carbons (Fsp3) is 0.263. The van der Waals surface area contributed by atoms with E-state index in [1.54, 1.807) is 24.3 Å². The highest BCUT2D eigenvalue weighted by molar-refractivity contribution is 6.08. The monoisotopic (exact) mass is 389 g/mol. The number of ether oxygens (including phenoxy) is 1. The Morgan fingerprint density at radius 1 is 1.14 bits per heavy atom. The third-order valence-electron chi connectivity index (χ3n) is 4.73. The molecule has 9 heteroatoms. The first-order valence-corrected chi connectivity index (χ1v) is 8.54. The van der Waals surface area contributed by atoms with Crippen molar-refractivity contribution >= 4 is 11.9 Å². The molecule has 3 rings (SSSR count). The molecule has 0 radical (unpaired) electrons. The molecule has 1 amide bonds. The summed E-state index contributed by atoms with van der Waals surface area (Å²) >= 11 is 0. The number of alkyl halides is 2. The van der Waals surface area contributed by atoms with Gasteiger partial charge in [-0.3, -0.25) is 9.69 Å². The van der Waals surface area contributed by atoms with E-state index in [1.807, 2.05) is 6.07 Å². The van der Waals surface area contributed by atoms with Crippen molar-refractivity contribution in [3.8, 4) is 5.75 Å². The SMILES string of the molecule is CN1C(=O)C(c2cccc(CN)c2)(c2ccc(OC(F)F)c(CN)c2)N=C1N. The molecule has 0 aromatic heterocycles. The molecule has 0 saturated carbocycles. The molecule has 148 valence electrons. The van der Waals surface area contributed by atoms with Gasteiger partial charge < -0.3 is 21.9 Å². The molecular formula is C19H21F2N5O2. The number of aliphatic imine (C=N–C) groups is 1. The summed E-state index contributed by atoms with van der Waals surface area (Å²) < 4.78 is 29.8. The van der Waals surface area contributed by atoms with E-state index >= 15 is 0 Å². The molecule has 1 heterocycles. The maximum Gasteiger partial charge on any atom is 0.387 e. The van der Waals surface area contributed by atoms with Crippen molar-refractivity contribution in [3.05, 3.63) is 64.7 Å². The van der Waals surface area contributed by atoms with Crippen molar-refractivity contribution in [2.75, 3.05) is 7.05 Å². The number of carbonyl (C=O) groups is 1. The topological polar surface area (TPSA) is 120 Å². The van der Waals surface area contributed by atoms with Crippen LogP contribution in [0.5, 0.6) is 5.75 Å². The standard InChI is InChI=1S/C19H21F2N5O2/c1-26-16(27)19(25-18(26)24,13-4-2-3-11(7-13)9-22)14-5-6-15(28-17(20)21)12(8-14)10-23/h2-8,17H,9-10,22-23H2,1H3,(H2,24,25). The molecule has 0 spiro atoms. The number of hydrogen-bond acceptors (Lipinski definition) is 6. The summed E-state index contributed by atoms with van der Waals surface area (Å²) in [5.41, 5.74) is 18.1. The maximum absolute atomic E-state index is 13.2. The van der Waals surface area contributed by atoms with Crippen LogP contribution in [-0.2, 0) is 23.4 Å². The lowest BCUT2D eigenvalue weighted by molar-refractivity contribution is -0.129. The average molecular weight is 389 g/mol.